The van der Waals surface area contributed by atoms with Gasteiger partial charge in [-0.3, -0.25) is 0 Å². The minimum absolute atomic E-state index is 0.0732. The summed E-state index contributed by atoms with van der Waals surface area (Å²) in [7, 11) is 0. The van der Waals surface area contributed by atoms with Crippen molar-refractivity contribution < 1.29 is 13.9 Å². The van der Waals surface area contributed by atoms with Gasteiger partial charge in [-0.25, -0.2) is 8.78 Å². The van der Waals surface area contributed by atoms with Crippen LogP contribution in [0.5, 0.6) is 0 Å². The van der Waals surface area contributed by atoms with E-state index in [-0.39, 0.29) is 24.3 Å². The Bertz CT molecular complexity index is 574. The van der Waals surface area contributed by atoms with Gasteiger partial charge in [0.25, 0.3) is 0 Å². The Morgan fingerprint density at radius 2 is 1.81 bits per heavy atom. The lowest BCUT2D eigenvalue weighted by molar-refractivity contribution is 0.232. The maximum absolute atomic E-state index is 13.7. The van der Waals surface area contributed by atoms with Crippen LogP contribution in [0, 0.1) is 11.6 Å². The van der Waals surface area contributed by atoms with Crippen LogP contribution in [0.25, 0.3) is 0 Å². The number of aliphatic hydroxyl groups is 1. The molecule has 2 N–H and O–H groups in total. The van der Waals surface area contributed by atoms with Gasteiger partial charge in [0.15, 0.2) is 0 Å². The molecule has 112 valence electrons. The Kier molecular flexibility index (Phi) is 5.42. The highest BCUT2D eigenvalue weighted by Crippen LogP contribution is 2.19. The van der Waals surface area contributed by atoms with Gasteiger partial charge in [0.05, 0.1) is 6.61 Å². The third-order valence-corrected chi connectivity index (χ3v) is 3.46. The molecule has 0 aliphatic rings. The first kappa shape index (κ1) is 15.6. The van der Waals surface area contributed by atoms with Crippen LogP contribution in [-0.2, 0) is 6.42 Å². The second-order valence-corrected chi connectivity index (χ2v) is 5.12. The van der Waals surface area contributed by atoms with E-state index >= 15 is 0 Å². The lowest BCUT2D eigenvalue weighted by Gasteiger charge is -2.22. The number of benzene rings is 2. The summed E-state index contributed by atoms with van der Waals surface area (Å²) in [6.45, 7) is 1.68. The average Bonchev–Trinajstić information content (AvgIpc) is 2.50. The zero-order chi connectivity index (χ0) is 15.2. The fourth-order valence-corrected chi connectivity index (χ4v) is 2.36. The van der Waals surface area contributed by atoms with Gasteiger partial charge in [-0.1, -0.05) is 30.3 Å². The van der Waals surface area contributed by atoms with Gasteiger partial charge in [-0.05, 0) is 37.1 Å². The zero-order valence-corrected chi connectivity index (χ0v) is 11.9. The zero-order valence-electron chi connectivity index (χ0n) is 11.9. The van der Waals surface area contributed by atoms with Crippen molar-refractivity contribution in [1.29, 1.82) is 0 Å². The van der Waals surface area contributed by atoms with Crippen LogP contribution in [0.3, 0.4) is 0 Å². The second kappa shape index (κ2) is 7.29. The van der Waals surface area contributed by atoms with Crippen molar-refractivity contribution >= 4 is 0 Å². The van der Waals surface area contributed by atoms with Crippen molar-refractivity contribution in [2.45, 2.75) is 25.4 Å². The second-order valence-electron chi connectivity index (χ2n) is 5.12. The van der Waals surface area contributed by atoms with Crippen LogP contribution >= 0.6 is 0 Å². The Morgan fingerprint density at radius 3 is 2.48 bits per heavy atom. The minimum atomic E-state index is -0.469. The topological polar surface area (TPSA) is 32.3 Å². The first-order valence-corrected chi connectivity index (χ1v) is 6.96. The van der Waals surface area contributed by atoms with Crippen molar-refractivity contribution in [3.05, 3.63) is 71.3 Å². The van der Waals surface area contributed by atoms with E-state index in [0.717, 1.165) is 17.7 Å². The quantitative estimate of drug-likeness (QED) is 0.856. The molecule has 0 amide bonds. The third-order valence-electron chi connectivity index (χ3n) is 3.46. The summed E-state index contributed by atoms with van der Waals surface area (Å²) >= 11 is 0. The monoisotopic (exact) mass is 291 g/mol. The van der Waals surface area contributed by atoms with E-state index in [1.165, 1.54) is 6.07 Å². The van der Waals surface area contributed by atoms with E-state index in [0.29, 0.717) is 6.42 Å². The minimum Gasteiger partial charge on any atom is -0.395 e. The summed E-state index contributed by atoms with van der Waals surface area (Å²) in [6.07, 6.45) is 0.624. The van der Waals surface area contributed by atoms with E-state index < -0.39 is 11.6 Å². The molecule has 0 aliphatic heterocycles. The standard InChI is InChI=1S/C17H19F2NO/c1-12(16-10-14(18)7-8-17(16)19)20-15(11-21)9-13-5-3-2-4-6-13/h2-8,10,12,15,20-21H,9,11H2,1H3/t12?,15-/m1/s1. The highest BCUT2D eigenvalue weighted by molar-refractivity contribution is 5.22. The molecule has 0 saturated heterocycles. The maximum Gasteiger partial charge on any atom is 0.128 e. The molecule has 1 unspecified atom stereocenters. The van der Waals surface area contributed by atoms with Crippen molar-refractivity contribution in [2.75, 3.05) is 6.61 Å². The largest absolute Gasteiger partial charge is 0.395 e. The van der Waals surface area contributed by atoms with Crippen LogP contribution in [0.2, 0.25) is 0 Å². The predicted molar refractivity (Wildman–Crippen MR) is 78.9 cm³/mol. The van der Waals surface area contributed by atoms with Gasteiger partial charge in [0, 0.05) is 17.6 Å². The van der Waals surface area contributed by atoms with Gasteiger partial charge in [0.2, 0.25) is 0 Å². The number of nitrogens with one attached hydrogen (secondary N) is 1. The van der Waals surface area contributed by atoms with Crippen LogP contribution < -0.4 is 5.32 Å². The molecule has 0 bridgehead atoms. The number of aliphatic hydroxyl groups excluding tert-OH is 1. The van der Waals surface area contributed by atoms with Gasteiger partial charge >= 0.3 is 0 Å². The Morgan fingerprint density at radius 1 is 1.10 bits per heavy atom. The smallest absolute Gasteiger partial charge is 0.128 e. The van der Waals surface area contributed by atoms with Gasteiger partial charge in [-0.2, -0.15) is 0 Å². The summed E-state index contributed by atoms with van der Waals surface area (Å²) in [4.78, 5) is 0. The summed E-state index contributed by atoms with van der Waals surface area (Å²) in [6, 6.07) is 12.5. The lowest BCUT2D eigenvalue weighted by Crippen LogP contribution is -2.36. The number of hydrogen-bond donors (Lipinski definition) is 2. The van der Waals surface area contributed by atoms with E-state index in [1.807, 2.05) is 30.3 Å². The molecular formula is C17H19F2NO. The number of halogens is 2. The number of hydrogen-bond acceptors (Lipinski definition) is 2. The molecule has 0 heterocycles. The fraction of sp³-hybridized carbons (Fsp3) is 0.294. The Hall–Kier alpha value is -1.78. The summed E-state index contributed by atoms with van der Waals surface area (Å²) < 4.78 is 27.0. The lowest BCUT2D eigenvalue weighted by atomic mass is 10.0. The average molecular weight is 291 g/mol. The van der Waals surface area contributed by atoms with Crippen molar-refractivity contribution in [3.8, 4) is 0 Å². The summed E-state index contributed by atoms with van der Waals surface area (Å²) in [5.74, 6) is -0.920. The Balaban J connectivity index is 2.05. The molecule has 2 atom stereocenters. The predicted octanol–water partition coefficient (Wildman–Crippen LogP) is 3.22. The SMILES string of the molecule is CC(N[C@@H](CO)Cc1ccccc1)c1cc(F)ccc1F. The molecule has 2 aromatic carbocycles. The summed E-state index contributed by atoms with van der Waals surface area (Å²) in [5.41, 5.74) is 1.34. The fourth-order valence-electron chi connectivity index (χ4n) is 2.36. The van der Waals surface area contributed by atoms with Crippen LogP contribution in [-0.4, -0.2) is 17.8 Å². The van der Waals surface area contributed by atoms with E-state index in [9.17, 15) is 13.9 Å². The highest BCUT2D eigenvalue weighted by atomic mass is 19.1. The summed E-state index contributed by atoms with van der Waals surface area (Å²) in [5, 5.41) is 12.6. The third kappa shape index (κ3) is 4.34. The molecule has 0 radical (unpaired) electrons. The van der Waals surface area contributed by atoms with Crippen LogP contribution in [0.15, 0.2) is 48.5 Å². The van der Waals surface area contributed by atoms with Gasteiger partial charge in [-0.15, -0.1) is 0 Å². The first-order chi connectivity index (χ1) is 10.1. The van der Waals surface area contributed by atoms with Crippen molar-refractivity contribution in [3.63, 3.8) is 0 Å². The molecule has 21 heavy (non-hydrogen) atoms. The molecule has 2 nitrogen and oxygen atoms in total. The van der Waals surface area contributed by atoms with Gasteiger partial charge < -0.3 is 10.4 Å². The van der Waals surface area contributed by atoms with Crippen LogP contribution in [0.4, 0.5) is 8.78 Å². The van der Waals surface area contributed by atoms with E-state index in [2.05, 4.69) is 5.32 Å². The highest BCUT2D eigenvalue weighted by Gasteiger charge is 2.16. The van der Waals surface area contributed by atoms with Crippen molar-refractivity contribution in [1.82, 2.24) is 5.32 Å². The number of rotatable bonds is 6. The molecule has 0 aromatic heterocycles. The maximum atomic E-state index is 13.7. The molecule has 2 aromatic rings. The molecule has 0 spiro atoms. The van der Waals surface area contributed by atoms with Gasteiger partial charge in [0.1, 0.15) is 11.6 Å². The Labute approximate surface area is 123 Å². The first-order valence-electron chi connectivity index (χ1n) is 6.96. The van der Waals surface area contributed by atoms with E-state index in [1.54, 1.807) is 6.92 Å². The van der Waals surface area contributed by atoms with Crippen LogP contribution in [0.1, 0.15) is 24.1 Å². The molecule has 4 heteroatoms. The molecule has 0 aliphatic carbocycles. The molecule has 0 saturated carbocycles. The molecule has 0 fully saturated rings. The van der Waals surface area contributed by atoms with Crippen molar-refractivity contribution in [2.24, 2.45) is 0 Å². The normalized spacial score (nSPS) is 13.9. The molecule has 2 rings (SSSR count). The molecular weight excluding hydrogens is 272 g/mol. The van der Waals surface area contributed by atoms with E-state index in [4.69, 9.17) is 0 Å².